The summed E-state index contributed by atoms with van der Waals surface area (Å²) in [7, 11) is 0. The van der Waals surface area contributed by atoms with E-state index in [4.69, 9.17) is 0 Å². The van der Waals surface area contributed by atoms with Crippen molar-refractivity contribution < 1.29 is 9.90 Å². The summed E-state index contributed by atoms with van der Waals surface area (Å²) >= 11 is 0. The molecule has 0 radical (unpaired) electrons. The molecule has 4 rings (SSSR count). The Kier molecular flexibility index (Phi) is 4.81. The van der Waals surface area contributed by atoms with Crippen molar-refractivity contribution in [2.45, 2.75) is 13.0 Å². The third-order valence-corrected chi connectivity index (χ3v) is 4.96. The lowest BCUT2D eigenvalue weighted by atomic mass is 9.92. The number of amides is 1. The van der Waals surface area contributed by atoms with Crippen molar-refractivity contribution in [2.75, 3.05) is 0 Å². The van der Waals surface area contributed by atoms with E-state index in [0.717, 1.165) is 21.9 Å². The number of rotatable bonds is 4. The fraction of sp³-hybridized carbons (Fsp3) is 0.0800. The first-order valence-corrected chi connectivity index (χ1v) is 9.26. The minimum atomic E-state index is -0.471. The van der Waals surface area contributed by atoms with Gasteiger partial charge in [-0.05, 0) is 41.5 Å². The lowest BCUT2D eigenvalue weighted by Crippen LogP contribution is -2.29. The van der Waals surface area contributed by atoms with E-state index in [2.05, 4.69) is 5.32 Å². The average Bonchev–Trinajstić information content (AvgIpc) is 2.73. The largest absolute Gasteiger partial charge is 0.508 e. The summed E-state index contributed by atoms with van der Waals surface area (Å²) in [4.78, 5) is 13.0. The second kappa shape index (κ2) is 7.57. The predicted molar refractivity (Wildman–Crippen MR) is 113 cm³/mol. The molecule has 1 atom stereocenters. The van der Waals surface area contributed by atoms with Gasteiger partial charge in [-0.25, -0.2) is 0 Å². The van der Waals surface area contributed by atoms with Gasteiger partial charge in [0.2, 0.25) is 0 Å². The molecule has 0 aliphatic carbocycles. The third-order valence-electron chi connectivity index (χ3n) is 4.96. The van der Waals surface area contributed by atoms with Crippen LogP contribution in [0.15, 0.2) is 91.0 Å². The quantitative estimate of drug-likeness (QED) is 0.509. The molecule has 0 aromatic heterocycles. The molecule has 28 heavy (non-hydrogen) atoms. The van der Waals surface area contributed by atoms with Crippen LogP contribution in [0.1, 0.15) is 33.1 Å². The maximum Gasteiger partial charge on any atom is 0.252 e. The number of carbonyl (C=O) groups excluding carboxylic acids is 1. The van der Waals surface area contributed by atoms with E-state index in [9.17, 15) is 9.90 Å². The maximum absolute atomic E-state index is 13.0. The number of hydrogen-bond acceptors (Lipinski definition) is 2. The van der Waals surface area contributed by atoms with Gasteiger partial charge in [-0.1, -0.05) is 78.4 Å². The van der Waals surface area contributed by atoms with Crippen LogP contribution < -0.4 is 5.32 Å². The first-order chi connectivity index (χ1) is 13.6. The van der Waals surface area contributed by atoms with Crippen molar-refractivity contribution >= 4 is 16.7 Å². The monoisotopic (exact) mass is 367 g/mol. The topological polar surface area (TPSA) is 49.3 Å². The van der Waals surface area contributed by atoms with Gasteiger partial charge in [0.25, 0.3) is 5.91 Å². The second-order valence-electron chi connectivity index (χ2n) is 6.90. The van der Waals surface area contributed by atoms with E-state index in [1.165, 1.54) is 0 Å². The van der Waals surface area contributed by atoms with Gasteiger partial charge >= 0.3 is 0 Å². The van der Waals surface area contributed by atoms with Crippen molar-refractivity contribution in [3.63, 3.8) is 0 Å². The Morgan fingerprint density at radius 1 is 0.821 bits per heavy atom. The lowest BCUT2D eigenvalue weighted by Gasteiger charge is -2.22. The number of nitrogens with one attached hydrogen (secondary N) is 1. The van der Waals surface area contributed by atoms with E-state index in [0.29, 0.717) is 11.1 Å². The molecule has 3 nitrogen and oxygen atoms in total. The van der Waals surface area contributed by atoms with Crippen molar-refractivity contribution in [1.82, 2.24) is 5.32 Å². The van der Waals surface area contributed by atoms with Crippen LogP contribution in [-0.4, -0.2) is 11.0 Å². The molecule has 0 heterocycles. The van der Waals surface area contributed by atoms with Crippen molar-refractivity contribution in [3.8, 4) is 5.75 Å². The highest BCUT2D eigenvalue weighted by atomic mass is 16.3. The predicted octanol–water partition coefficient (Wildman–Crippen LogP) is 5.37. The van der Waals surface area contributed by atoms with Crippen LogP contribution in [0.5, 0.6) is 5.75 Å². The SMILES string of the molecule is Cc1ccc(C(=O)NC(c2ccccc2)c2c(O)ccc3ccccc23)cc1. The van der Waals surface area contributed by atoms with Gasteiger partial charge in [0.1, 0.15) is 5.75 Å². The first kappa shape index (κ1) is 17.8. The minimum Gasteiger partial charge on any atom is -0.508 e. The van der Waals surface area contributed by atoms with Crippen molar-refractivity contribution in [3.05, 3.63) is 113 Å². The van der Waals surface area contributed by atoms with Crippen LogP contribution in [0.3, 0.4) is 0 Å². The van der Waals surface area contributed by atoms with Crippen LogP contribution in [0.2, 0.25) is 0 Å². The molecule has 0 bridgehead atoms. The normalized spacial score (nSPS) is 11.9. The van der Waals surface area contributed by atoms with Crippen LogP contribution >= 0.6 is 0 Å². The number of phenolic OH excluding ortho intramolecular Hbond substituents is 1. The molecule has 2 N–H and O–H groups in total. The summed E-state index contributed by atoms with van der Waals surface area (Å²) in [6.45, 7) is 1.99. The molecule has 0 aliphatic heterocycles. The number of fused-ring (bicyclic) bond motifs is 1. The highest BCUT2D eigenvalue weighted by molar-refractivity contribution is 5.96. The Morgan fingerprint density at radius 3 is 2.25 bits per heavy atom. The molecule has 4 aromatic rings. The molecule has 0 fully saturated rings. The Balaban J connectivity index is 1.83. The van der Waals surface area contributed by atoms with E-state index in [1.807, 2.05) is 91.9 Å². The summed E-state index contributed by atoms with van der Waals surface area (Å²) in [6, 6.07) is 28.2. The molecular formula is C25H21NO2. The smallest absolute Gasteiger partial charge is 0.252 e. The fourth-order valence-electron chi connectivity index (χ4n) is 3.47. The Bertz CT molecular complexity index is 1120. The zero-order valence-corrected chi connectivity index (χ0v) is 15.6. The van der Waals surface area contributed by atoms with E-state index in [1.54, 1.807) is 6.07 Å². The Morgan fingerprint density at radius 2 is 1.50 bits per heavy atom. The van der Waals surface area contributed by atoms with Gasteiger partial charge in [0, 0.05) is 11.1 Å². The van der Waals surface area contributed by atoms with Crippen molar-refractivity contribution in [1.29, 1.82) is 0 Å². The zero-order chi connectivity index (χ0) is 19.5. The molecule has 3 heteroatoms. The summed E-state index contributed by atoms with van der Waals surface area (Å²) in [5.74, 6) is -0.0158. The molecule has 4 aromatic carbocycles. The molecule has 1 unspecified atom stereocenters. The summed E-state index contributed by atoms with van der Waals surface area (Å²) in [6.07, 6.45) is 0. The molecular weight excluding hydrogens is 346 g/mol. The molecule has 138 valence electrons. The van der Waals surface area contributed by atoms with Crippen LogP contribution in [-0.2, 0) is 0 Å². The third kappa shape index (κ3) is 3.47. The van der Waals surface area contributed by atoms with Gasteiger partial charge in [-0.2, -0.15) is 0 Å². The van der Waals surface area contributed by atoms with Gasteiger partial charge in [0.15, 0.2) is 0 Å². The number of aryl methyl sites for hydroxylation is 1. The van der Waals surface area contributed by atoms with Gasteiger partial charge in [-0.3, -0.25) is 4.79 Å². The Labute approximate surface area is 164 Å². The average molecular weight is 367 g/mol. The minimum absolute atomic E-state index is 0.164. The first-order valence-electron chi connectivity index (χ1n) is 9.26. The zero-order valence-electron chi connectivity index (χ0n) is 15.6. The summed E-state index contributed by atoms with van der Waals surface area (Å²) in [5.41, 5.74) is 3.30. The standard InChI is InChI=1S/C25H21NO2/c1-17-11-13-20(14-12-17)25(28)26-24(19-8-3-2-4-9-19)23-21-10-6-5-7-18(21)15-16-22(23)27/h2-16,24,27H,1H3,(H,26,28). The fourth-order valence-corrected chi connectivity index (χ4v) is 3.47. The van der Waals surface area contributed by atoms with Crippen LogP contribution in [0.25, 0.3) is 10.8 Å². The van der Waals surface area contributed by atoms with E-state index in [-0.39, 0.29) is 11.7 Å². The number of benzene rings is 4. The second-order valence-corrected chi connectivity index (χ2v) is 6.90. The molecule has 1 amide bonds. The van der Waals surface area contributed by atoms with E-state index >= 15 is 0 Å². The number of phenols is 1. The van der Waals surface area contributed by atoms with Gasteiger partial charge in [-0.15, -0.1) is 0 Å². The lowest BCUT2D eigenvalue weighted by molar-refractivity contribution is 0.0943. The summed E-state index contributed by atoms with van der Waals surface area (Å²) < 4.78 is 0. The number of hydrogen-bond donors (Lipinski definition) is 2. The van der Waals surface area contributed by atoms with Gasteiger partial charge in [0.05, 0.1) is 6.04 Å². The number of aromatic hydroxyl groups is 1. The highest BCUT2D eigenvalue weighted by Gasteiger charge is 2.23. The molecule has 0 saturated heterocycles. The Hall–Kier alpha value is -3.59. The van der Waals surface area contributed by atoms with Crippen LogP contribution in [0, 0.1) is 6.92 Å². The molecule has 0 aliphatic rings. The van der Waals surface area contributed by atoms with Crippen LogP contribution in [0.4, 0.5) is 0 Å². The van der Waals surface area contributed by atoms with E-state index < -0.39 is 6.04 Å². The number of carbonyl (C=O) groups is 1. The summed E-state index contributed by atoms with van der Waals surface area (Å²) in [5, 5.41) is 15.8. The molecule has 0 spiro atoms. The maximum atomic E-state index is 13.0. The molecule has 0 saturated carbocycles. The highest BCUT2D eigenvalue weighted by Crippen LogP contribution is 2.36. The van der Waals surface area contributed by atoms with Crippen molar-refractivity contribution in [2.24, 2.45) is 0 Å². The van der Waals surface area contributed by atoms with Gasteiger partial charge < -0.3 is 10.4 Å².